The van der Waals surface area contributed by atoms with Crippen LogP contribution in [0.2, 0.25) is 0 Å². The summed E-state index contributed by atoms with van der Waals surface area (Å²) in [4.78, 5) is 114. The van der Waals surface area contributed by atoms with Crippen LogP contribution in [0.15, 0.2) is 279 Å². The van der Waals surface area contributed by atoms with Crippen LogP contribution in [0, 0.1) is 5.41 Å². The van der Waals surface area contributed by atoms with Gasteiger partial charge in [-0.1, -0.05) is 209 Å². The Balaban J connectivity index is 0.000000267. The Kier molecular flexibility index (Phi) is 41.4. The van der Waals surface area contributed by atoms with Crippen LogP contribution in [0.3, 0.4) is 0 Å². The number of amides is 5. The van der Waals surface area contributed by atoms with Gasteiger partial charge in [0.2, 0.25) is 11.8 Å². The van der Waals surface area contributed by atoms with Gasteiger partial charge in [-0.2, -0.15) is 28.8 Å². The van der Waals surface area contributed by atoms with Crippen molar-refractivity contribution in [1.29, 1.82) is 0 Å². The lowest BCUT2D eigenvalue weighted by Crippen LogP contribution is -2.44. The maximum atomic E-state index is 13.1. The van der Waals surface area contributed by atoms with E-state index in [-0.39, 0.29) is 76.7 Å². The Bertz CT molecular complexity index is 5010. The highest BCUT2D eigenvalue weighted by Gasteiger charge is 2.27. The van der Waals surface area contributed by atoms with Crippen molar-refractivity contribution in [3.8, 4) is 23.0 Å². The van der Waals surface area contributed by atoms with Gasteiger partial charge >= 0.3 is 18.5 Å². The van der Waals surface area contributed by atoms with Crippen molar-refractivity contribution in [2.75, 3.05) is 36.1 Å². The van der Waals surface area contributed by atoms with E-state index in [1.807, 2.05) is 170 Å². The first-order valence-electron chi connectivity index (χ1n) is 39.2. The number of nitrogen functional groups attached to an aromatic ring is 1. The quantitative estimate of drug-likeness (QED) is 0.0134. The third kappa shape index (κ3) is 35.5. The molecule has 11 aromatic rings. The second-order valence-electron chi connectivity index (χ2n) is 29.0. The molecule has 0 saturated heterocycles. The van der Waals surface area contributed by atoms with E-state index < -0.39 is 12.1 Å². The molecule has 622 valence electrons. The molecule has 0 bridgehead atoms. The first kappa shape index (κ1) is 94.7. The summed E-state index contributed by atoms with van der Waals surface area (Å²) in [7, 11) is 0. The fraction of sp³-hybridized carbons (Fsp3) is 0.237. The zero-order valence-corrected chi connectivity index (χ0v) is 67.6. The van der Waals surface area contributed by atoms with Crippen LogP contribution in [0.25, 0.3) is 0 Å². The van der Waals surface area contributed by atoms with Crippen LogP contribution >= 0.6 is 0 Å². The topological polar surface area (TPSA) is 396 Å². The van der Waals surface area contributed by atoms with E-state index in [1.165, 1.54) is 16.7 Å². The molecule has 3 atom stereocenters. The second-order valence-corrected chi connectivity index (χ2v) is 29.0. The fourth-order valence-electron chi connectivity index (χ4n) is 12.5. The predicted molar refractivity (Wildman–Crippen MR) is 460 cm³/mol. The normalized spacial score (nSPS) is 11.0. The summed E-state index contributed by atoms with van der Waals surface area (Å²) >= 11 is 0. The van der Waals surface area contributed by atoms with Crippen molar-refractivity contribution in [3.05, 3.63) is 351 Å². The van der Waals surface area contributed by atoms with Gasteiger partial charge in [-0.15, -0.1) is 0 Å². The summed E-state index contributed by atoms with van der Waals surface area (Å²) in [5.41, 5.74) is 32.6. The van der Waals surface area contributed by atoms with E-state index >= 15 is 0 Å². The summed E-state index contributed by atoms with van der Waals surface area (Å²) in [6.45, 7) is 7.91. The van der Waals surface area contributed by atoms with Crippen LogP contribution in [-0.4, -0.2) is 101 Å². The molecule has 0 spiro atoms. The molecule has 0 radical (unpaired) electrons. The minimum Gasteiger partial charge on any atom is -0.508 e. The van der Waals surface area contributed by atoms with Gasteiger partial charge in [-0.25, -0.2) is 0 Å². The lowest BCUT2D eigenvalue weighted by Gasteiger charge is -2.32. The van der Waals surface area contributed by atoms with Crippen molar-refractivity contribution in [2.24, 2.45) is 16.9 Å². The smallest absolute Gasteiger partial charge is 0.373 e. The largest absolute Gasteiger partial charge is 0.508 e. The average Bonchev–Trinajstić information content (AvgIpc) is 0.842. The number of rotatable bonds is 33. The Hall–Kier alpha value is -14.2. The third-order valence-corrected chi connectivity index (χ3v) is 19.1. The Morgan fingerprint density at radius 1 is 0.375 bits per heavy atom. The van der Waals surface area contributed by atoms with Gasteiger partial charge in [-0.05, 0) is 229 Å². The minimum atomic E-state index is -0.750. The number of ether oxygens (including phenoxy) is 1. The number of nitrogens with two attached hydrogens (primary N) is 3. The molecule has 14 N–H and O–H groups in total. The van der Waals surface area contributed by atoms with Gasteiger partial charge in [0, 0.05) is 53.6 Å². The molecule has 0 aliphatic rings. The Morgan fingerprint density at radius 3 is 1.12 bits per heavy atom. The van der Waals surface area contributed by atoms with Crippen LogP contribution in [0.5, 0.6) is 23.0 Å². The van der Waals surface area contributed by atoms with E-state index in [2.05, 4.69) is 83.8 Å². The summed E-state index contributed by atoms with van der Waals surface area (Å²) in [6.07, 6.45) is 10.2. The number of aryl methyl sites for hydroxylation is 7. The summed E-state index contributed by atoms with van der Waals surface area (Å²) in [5.74, 6) is 0.0115. The van der Waals surface area contributed by atoms with Crippen LogP contribution in [0.4, 0.5) is 17.1 Å². The first-order chi connectivity index (χ1) is 57.9. The van der Waals surface area contributed by atoms with E-state index in [9.17, 15) is 39.3 Å². The van der Waals surface area contributed by atoms with Gasteiger partial charge in [0.15, 0.2) is 0 Å². The van der Waals surface area contributed by atoms with Crippen molar-refractivity contribution in [1.82, 2.24) is 16.0 Å². The van der Waals surface area contributed by atoms with Crippen molar-refractivity contribution >= 4 is 65.1 Å². The minimum absolute atomic E-state index is 0.0493. The Morgan fingerprint density at radius 2 is 0.708 bits per heavy atom. The number of hydrogen-bond acceptors (Lipinski definition) is 18. The molecule has 11 aromatic carbocycles. The lowest BCUT2D eigenvalue weighted by molar-refractivity contribution is -0.193. The zero-order chi connectivity index (χ0) is 86.9. The molecule has 0 aromatic heterocycles. The maximum absolute atomic E-state index is 13.1. The van der Waals surface area contributed by atoms with E-state index in [4.69, 9.17) is 50.7 Å². The molecule has 0 saturated carbocycles. The first-order valence-corrected chi connectivity index (χ1v) is 39.2. The molecule has 0 unspecified atom stereocenters. The highest BCUT2D eigenvalue weighted by atomic mass is 16.5. The molecule has 0 aliphatic heterocycles. The van der Waals surface area contributed by atoms with Gasteiger partial charge in [-0.3, -0.25) is 24.0 Å². The summed E-state index contributed by atoms with van der Waals surface area (Å²) < 4.78 is 6.05. The maximum Gasteiger partial charge on any atom is 0.373 e. The number of hydrogen-bond donors (Lipinski definition) is 11. The van der Waals surface area contributed by atoms with Crippen molar-refractivity contribution < 1.29 is 72.8 Å². The molecule has 0 aliphatic carbocycles. The van der Waals surface area contributed by atoms with Crippen LogP contribution < -0.4 is 48.5 Å². The molecule has 0 heterocycles. The molecule has 23 nitrogen and oxygen atoms in total. The molecular weight excluding hydrogens is 1520 g/mol. The van der Waals surface area contributed by atoms with Gasteiger partial charge in [0.05, 0.1) is 24.4 Å². The third-order valence-electron chi connectivity index (χ3n) is 19.1. The molecule has 5 amide bonds. The highest BCUT2D eigenvalue weighted by Crippen LogP contribution is 2.29. The molecule has 120 heavy (non-hydrogen) atoms. The molecule has 0 fully saturated rings. The standard InChI is InChI=1S/C33H35N3O4.C33H35N3O3.C28H34N2O2.3CO2/c34-29(22-26-10-5-2-6-11-26)33(39)36-30-18-15-27(32(38)35-20-7-12-24-8-3-1-4-9-24)23-31(30)40-21-19-25-13-16-28(37)17-14-25;34-30(22-26-10-5-2-6-11-26)33(39)36-31-20-17-28(23-27(31)16-13-25-14-18-29(37)19-15-25)32(38)35-21-7-12-24-8-3-1-4-9-24;1-28(2,3)26(18-12-20-7-5-4-6-8-20)30-27(32)23-14-17-25(29)22(19-23)13-9-21-10-15-24(31)16-11-21;3*2-1-3/h1-6,8-11,13-18,23,29,37H,7,12,19-22,34H2,(H,35,38)(H,36,39);1-6,8-11,14-15,17-20,23,30,37H,7,12-13,16,21-22,34H2,(H,35,38)(H,36,39);4-8,10-11,14-17,19,26,31H,9,12-13,18,29H2,1-3H3,(H,30,32);;;/t29-;30-;26-;;;/m000.../s1. The summed E-state index contributed by atoms with van der Waals surface area (Å²) in [6, 6.07) is 85.5. The predicted octanol–water partition coefficient (Wildman–Crippen LogP) is 13.7. The number of benzene rings is 11. The fourth-order valence-corrected chi connectivity index (χ4v) is 12.5. The number of nitrogens with one attached hydrogen (secondary N) is 5. The van der Waals surface area contributed by atoms with Gasteiger partial charge < -0.3 is 63.8 Å². The van der Waals surface area contributed by atoms with E-state index in [0.29, 0.717) is 91.3 Å². The van der Waals surface area contributed by atoms with E-state index in [1.54, 1.807) is 72.8 Å². The lowest BCUT2D eigenvalue weighted by atomic mass is 9.83. The SMILES string of the molecule is CC(C)(C)[C@H](CCc1ccccc1)NC(=O)c1ccc(N)c(CCc2ccc(O)cc2)c1.N[C@@H](Cc1ccccc1)C(=O)Nc1ccc(C(=O)NCCCc2ccccc2)cc1CCc1ccc(O)cc1.N[C@@H](Cc1ccccc1)C(=O)Nc1ccc(C(=O)NCCCc2ccccc2)cc1OCCc1ccc(O)cc1.O=C=O.O=C=O.O=C=O. The number of anilines is 3. The molecule has 23 heteroatoms. The molecular formula is C97H104N8O15. The number of phenolic OH excluding ortho intramolecular Hbond substituents is 3. The monoisotopic (exact) mass is 1620 g/mol. The number of carbonyl (C=O) groups excluding carboxylic acids is 11. The zero-order valence-electron chi connectivity index (χ0n) is 67.6. The molecule has 11 rings (SSSR count). The van der Waals surface area contributed by atoms with Crippen molar-refractivity contribution in [3.63, 3.8) is 0 Å². The van der Waals surface area contributed by atoms with Crippen molar-refractivity contribution in [2.45, 2.75) is 122 Å². The number of phenols is 3. The number of aromatic hydroxyl groups is 3. The average molecular weight is 1620 g/mol. The second kappa shape index (κ2) is 52.4. The number of carbonyl (C=O) groups is 5. The van der Waals surface area contributed by atoms with Gasteiger partial charge in [0.25, 0.3) is 17.7 Å². The Labute approximate surface area is 699 Å². The van der Waals surface area contributed by atoms with Crippen LogP contribution in [0.1, 0.15) is 127 Å². The van der Waals surface area contributed by atoms with Gasteiger partial charge in [0.1, 0.15) is 23.0 Å². The van der Waals surface area contributed by atoms with Crippen LogP contribution in [-0.2, 0) is 103 Å². The summed E-state index contributed by atoms with van der Waals surface area (Å²) in [5, 5.41) is 43.6. The van der Waals surface area contributed by atoms with E-state index in [0.717, 1.165) is 90.3 Å². The highest BCUT2D eigenvalue weighted by molar-refractivity contribution is 6.00.